The zero-order valence-electron chi connectivity index (χ0n) is 21.1. The molecule has 1 unspecified atom stereocenters. The van der Waals surface area contributed by atoms with Crippen LogP contribution in [0.5, 0.6) is 11.5 Å². The Morgan fingerprint density at radius 2 is 1.58 bits per heavy atom. The zero-order valence-corrected chi connectivity index (χ0v) is 21.9. The summed E-state index contributed by atoms with van der Waals surface area (Å²) in [6, 6.07) is 18.1. The molecule has 3 amide bonds. The number of hydrogen-bond donors (Lipinski definition) is 1. The maximum absolute atomic E-state index is 13.0. The van der Waals surface area contributed by atoms with Crippen LogP contribution in [0.1, 0.15) is 34.1 Å². The quantitative estimate of drug-likeness (QED) is 0.314. The largest absolute Gasteiger partial charge is 0.493 e. The van der Waals surface area contributed by atoms with E-state index in [-0.39, 0.29) is 30.7 Å². The van der Waals surface area contributed by atoms with E-state index in [1.165, 1.54) is 38.1 Å². The summed E-state index contributed by atoms with van der Waals surface area (Å²) < 4.78 is 15.4. The van der Waals surface area contributed by atoms with Gasteiger partial charge >= 0.3 is 5.97 Å². The van der Waals surface area contributed by atoms with Crippen molar-refractivity contribution in [2.45, 2.75) is 23.5 Å². The summed E-state index contributed by atoms with van der Waals surface area (Å²) >= 11 is 1.28. The summed E-state index contributed by atoms with van der Waals surface area (Å²) in [6.07, 6.45) is 0.0565. The van der Waals surface area contributed by atoms with Crippen molar-refractivity contribution in [1.29, 1.82) is 0 Å². The van der Waals surface area contributed by atoms with Crippen molar-refractivity contribution in [3.05, 3.63) is 77.9 Å². The number of anilines is 2. The number of esters is 1. The SMILES string of the molecule is CCOC(=O)c1ccc(N2C(=O)CC(Sc3ccc(NC(=O)c4ccc(OC)c(OC)c4)cc3)C2=O)cc1. The second-order valence-electron chi connectivity index (χ2n) is 8.19. The zero-order chi connectivity index (χ0) is 27.2. The van der Waals surface area contributed by atoms with Crippen LogP contribution in [0.15, 0.2) is 71.6 Å². The van der Waals surface area contributed by atoms with Crippen molar-refractivity contribution in [2.24, 2.45) is 0 Å². The molecule has 1 heterocycles. The Kier molecular flexibility index (Phi) is 8.32. The molecule has 1 saturated heterocycles. The molecule has 3 aromatic rings. The van der Waals surface area contributed by atoms with Crippen LogP contribution in [0, 0.1) is 0 Å². The molecule has 0 bridgehead atoms. The molecule has 0 spiro atoms. The van der Waals surface area contributed by atoms with Gasteiger partial charge in [0.15, 0.2) is 11.5 Å². The maximum Gasteiger partial charge on any atom is 0.338 e. The molecule has 0 aromatic heterocycles. The fourth-order valence-corrected chi connectivity index (χ4v) is 4.94. The number of carbonyl (C=O) groups excluding carboxylic acids is 4. The molecule has 1 fully saturated rings. The Bertz CT molecular complexity index is 1360. The molecule has 196 valence electrons. The molecular weight excluding hydrogens is 508 g/mol. The molecule has 1 atom stereocenters. The minimum absolute atomic E-state index is 0.0565. The van der Waals surface area contributed by atoms with Crippen molar-refractivity contribution in [2.75, 3.05) is 31.0 Å². The summed E-state index contributed by atoms with van der Waals surface area (Å²) in [6.45, 7) is 1.98. The first-order valence-electron chi connectivity index (χ1n) is 11.8. The second-order valence-corrected chi connectivity index (χ2v) is 9.47. The van der Waals surface area contributed by atoms with Crippen LogP contribution in [0.4, 0.5) is 11.4 Å². The Labute approximate surface area is 224 Å². The monoisotopic (exact) mass is 534 g/mol. The van der Waals surface area contributed by atoms with Crippen molar-refractivity contribution in [3.8, 4) is 11.5 Å². The number of thioether (sulfide) groups is 1. The van der Waals surface area contributed by atoms with E-state index in [9.17, 15) is 19.2 Å². The minimum atomic E-state index is -0.584. The lowest BCUT2D eigenvalue weighted by Gasteiger charge is -2.15. The number of carbonyl (C=O) groups is 4. The molecule has 1 N–H and O–H groups in total. The van der Waals surface area contributed by atoms with Gasteiger partial charge in [0.1, 0.15) is 0 Å². The predicted octanol–water partition coefficient (Wildman–Crippen LogP) is 4.56. The lowest BCUT2D eigenvalue weighted by atomic mass is 10.2. The highest BCUT2D eigenvalue weighted by atomic mass is 32.2. The second kappa shape index (κ2) is 11.8. The minimum Gasteiger partial charge on any atom is -0.493 e. The van der Waals surface area contributed by atoms with E-state index in [2.05, 4.69) is 5.32 Å². The van der Waals surface area contributed by atoms with Crippen LogP contribution < -0.4 is 19.7 Å². The molecule has 0 radical (unpaired) electrons. The summed E-state index contributed by atoms with van der Waals surface area (Å²) in [4.78, 5) is 52.1. The number of nitrogens with zero attached hydrogens (tertiary/aromatic N) is 1. The van der Waals surface area contributed by atoms with Crippen LogP contribution >= 0.6 is 11.8 Å². The third-order valence-corrected chi connectivity index (χ3v) is 6.98. The Balaban J connectivity index is 1.38. The van der Waals surface area contributed by atoms with E-state index < -0.39 is 11.2 Å². The van der Waals surface area contributed by atoms with E-state index >= 15 is 0 Å². The normalized spacial score (nSPS) is 14.8. The van der Waals surface area contributed by atoms with Gasteiger partial charge < -0.3 is 19.5 Å². The number of nitrogens with one attached hydrogen (secondary N) is 1. The van der Waals surface area contributed by atoms with Crippen molar-refractivity contribution >= 4 is 46.8 Å². The van der Waals surface area contributed by atoms with E-state index in [1.54, 1.807) is 61.5 Å². The van der Waals surface area contributed by atoms with Gasteiger partial charge in [0.2, 0.25) is 11.8 Å². The molecule has 0 aliphatic carbocycles. The standard InChI is InChI=1S/C28H26N2O7S/c1-4-37-28(34)17-5-10-20(11-6-17)30-25(31)16-24(27(30)33)38-21-12-8-19(9-13-21)29-26(32)18-7-14-22(35-2)23(15-18)36-3/h5-15,24H,4,16H2,1-3H3,(H,29,32). The summed E-state index contributed by atoms with van der Waals surface area (Å²) in [5, 5.41) is 2.24. The van der Waals surface area contributed by atoms with Crippen LogP contribution in [0.2, 0.25) is 0 Å². The Morgan fingerprint density at radius 3 is 2.21 bits per heavy atom. The topological polar surface area (TPSA) is 111 Å². The molecule has 1 aliphatic heterocycles. The third kappa shape index (κ3) is 5.81. The molecule has 38 heavy (non-hydrogen) atoms. The molecular formula is C28H26N2O7S. The third-order valence-electron chi connectivity index (χ3n) is 5.78. The predicted molar refractivity (Wildman–Crippen MR) is 143 cm³/mol. The molecule has 10 heteroatoms. The van der Waals surface area contributed by atoms with Crippen LogP contribution in [-0.4, -0.2) is 49.8 Å². The van der Waals surface area contributed by atoms with E-state index in [1.807, 2.05) is 0 Å². The van der Waals surface area contributed by atoms with Crippen LogP contribution in [0.3, 0.4) is 0 Å². The van der Waals surface area contributed by atoms with Crippen molar-refractivity contribution < 1.29 is 33.4 Å². The van der Waals surface area contributed by atoms with E-state index in [0.29, 0.717) is 34.0 Å². The molecule has 1 aliphatic rings. The number of rotatable bonds is 9. The van der Waals surface area contributed by atoms with Crippen LogP contribution in [0.25, 0.3) is 0 Å². The Morgan fingerprint density at radius 1 is 0.921 bits per heavy atom. The highest BCUT2D eigenvalue weighted by molar-refractivity contribution is 8.00. The molecule has 0 saturated carbocycles. The number of imide groups is 1. The number of amides is 3. The van der Waals surface area contributed by atoms with Gasteiger partial charge in [0, 0.05) is 22.6 Å². The summed E-state index contributed by atoms with van der Waals surface area (Å²) in [5.74, 6) is -0.434. The summed E-state index contributed by atoms with van der Waals surface area (Å²) in [7, 11) is 3.02. The highest BCUT2D eigenvalue weighted by Crippen LogP contribution is 2.35. The fraction of sp³-hybridized carbons (Fsp3) is 0.214. The van der Waals surface area contributed by atoms with Gasteiger partial charge in [-0.05, 0) is 73.7 Å². The lowest BCUT2D eigenvalue weighted by Crippen LogP contribution is -2.31. The summed E-state index contributed by atoms with van der Waals surface area (Å²) in [5.41, 5.74) is 1.74. The molecule has 9 nitrogen and oxygen atoms in total. The first-order valence-corrected chi connectivity index (χ1v) is 12.7. The first-order chi connectivity index (χ1) is 18.3. The van der Waals surface area contributed by atoms with Crippen LogP contribution in [-0.2, 0) is 14.3 Å². The number of methoxy groups -OCH3 is 2. The number of ether oxygens (including phenoxy) is 3. The van der Waals surface area contributed by atoms with E-state index in [0.717, 1.165) is 9.80 Å². The number of hydrogen-bond acceptors (Lipinski definition) is 8. The van der Waals surface area contributed by atoms with Gasteiger partial charge in [-0.2, -0.15) is 0 Å². The van der Waals surface area contributed by atoms with Gasteiger partial charge in [-0.1, -0.05) is 0 Å². The smallest absolute Gasteiger partial charge is 0.338 e. The fourth-order valence-electron chi connectivity index (χ4n) is 3.89. The molecule has 3 aromatic carbocycles. The van der Waals surface area contributed by atoms with Gasteiger partial charge in [0.05, 0.1) is 37.3 Å². The lowest BCUT2D eigenvalue weighted by molar-refractivity contribution is -0.121. The first kappa shape index (κ1) is 26.7. The van der Waals surface area contributed by atoms with Crippen molar-refractivity contribution in [1.82, 2.24) is 0 Å². The van der Waals surface area contributed by atoms with Gasteiger partial charge in [-0.25, -0.2) is 9.69 Å². The highest BCUT2D eigenvalue weighted by Gasteiger charge is 2.40. The maximum atomic E-state index is 13.0. The Hall–Kier alpha value is -4.31. The van der Waals surface area contributed by atoms with Gasteiger partial charge in [0.25, 0.3) is 5.91 Å². The number of benzene rings is 3. The average Bonchev–Trinajstić information content (AvgIpc) is 3.21. The average molecular weight is 535 g/mol. The molecule has 4 rings (SSSR count). The van der Waals surface area contributed by atoms with E-state index in [4.69, 9.17) is 14.2 Å². The van der Waals surface area contributed by atoms with Gasteiger partial charge in [-0.15, -0.1) is 11.8 Å². The van der Waals surface area contributed by atoms with Gasteiger partial charge in [-0.3, -0.25) is 14.4 Å². The van der Waals surface area contributed by atoms with Crippen molar-refractivity contribution in [3.63, 3.8) is 0 Å².